The highest BCUT2D eigenvalue weighted by atomic mass is 35.5. The Morgan fingerprint density at radius 1 is 1.10 bits per heavy atom. The van der Waals surface area contributed by atoms with Crippen LogP contribution in [-0.4, -0.2) is 5.78 Å². The van der Waals surface area contributed by atoms with Crippen molar-refractivity contribution < 1.29 is 18.0 Å². The van der Waals surface area contributed by atoms with Gasteiger partial charge in [-0.3, -0.25) is 4.79 Å². The minimum atomic E-state index is -1.41. The molecule has 0 aromatic heterocycles. The average molecular weight is 310 g/mol. The fraction of sp³-hybridized carbons (Fsp3) is 0.0667. The summed E-state index contributed by atoms with van der Waals surface area (Å²) in [4.78, 5) is 12.2. The smallest absolute Gasteiger partial charge is 0.190 e. The van der Waals surface area contributed by atoms with Crippen LogP contribution >= 0.6 is 11.6 Å². The van der Waals surface area contributed by atoms with E-state index in [2.05, 4.69) is 0 Å². The third-order valence-corrected chi connectivity index (χ3v) is 3.10. The molecule has 0 aliphatic carbocycles. The number of hydrogen-bond acceptors (Lipinski definition) is 2. The standard InChI is InChI=1S/C15H7ClF3NO/c16-9-3-1-8(2-4-9)11(7-20)15(21)14-12(18)5-10(17)6-13(14)19/h1-6,11H. The second-order valence-corrected chi connectivity index (χ2v) is 4.66. The van der Waals surface area contributed by atoms with Gasteiger partial charge >= 0.3 is 0 Å². The van der Waals surface area contributed by atoms with Crippen molar-refractivity contribution in [3.8, 4) is 6.07 Å². The predicted molar refractivity (Wildman–Crippen MR) is 70.5 cm³/mol. The highest BCUT2D eigenvalue weighted by Gasteiger charge is 2.27. The normalized spacial score (nSPS) is 11.8. The quantitative estimate of drug-likeness (QED) is 0.795. The highest BCUT2D eigenvalue weighted by molar-refractivity contribution is 6.30. The molecule has 0 bridgehead atoms. The molecule has 0 fully saturated rings. The average Bonchev–Trinajstić information content (AvgIpc) is 2.40. The molecule has 1 atom stereocenters. The molecule has 2 aromatic rings. The first kappa shape index (κ1) is 15.1. The van der Waals surface area contributed by atoms with E-state index < -0.39 is 34.7 Å². The van der Waals surface area contributed by atoms with Crippen molar-refractivity contribution in [3.05, 3.63) is 70.0 Å². The van der Waals surface area contributed by atoms with E-state index >= 15 is 0 Å². The van der Waals surface area contributed by atoms with E-state index in [1.54, 1.807) is 6.07 Å². The van der Waals surface area contributed by atoms with Crippen LogP contribution < -0.4 is 0 Å². The molecule has 1 unspecified atom stereocenters. The molecular formula is C15H7ClF3NO. The summed E-state index contributed by atoms with van der Waals surface area (Å²) >= 11 is 5.69. The molecule has 6 heteroatoms. The van der Waals surface area contributed by atoms with Crippen LogP contribution in [0.1, 0.15) is 21.8 Å². The number of halogens is 4. The summed E-state index contributed by atoms with van der Waals surface area (Å²) in [5.74, 6) is -6.30. The highest BCUT2D eigenvalue weighted by Crippen LogP contribution is 2.25. The molecule has 0 amide bonds. The number of rotatable bonds is 3. The van der Waals surface area contributed by atoms with Crippen molar-refractivity contribution in [1.82, 2.24) is 0 Å². The number of carbonyl (C=O) groups is 1. The minimum absolute atomic E-state index is 0.245. The first-order chi connectivity index (χ1) is 9.93. The Morgan fingerprint density at radius 2 is 1.62 bits per heavy atom. The maximum atomic E-state index is 13.6. The van der Waals surface area contributed by atoms with Crippen molar-refractivity contribution in [2.45, 2.75) is 5.92 Å². The van der Waals surface area contributed by atoms with Crippen LogP contribution in [0.15, 0.2) is 36.4 Å². The molecule has 0 radical (unpaired) electrons. The molecule has 0 spiro atoms. The summed E-state index contributed by atoms with van der Waals surface area (Å²) in [5, 5.41) is 9.48. The second kappa shape index (κ2) is 5.98. The van der Waals surface area contributed by atoms with Crippen molar-refractivity contribution in [1.29, 1.82) is 5.26 Å². The van der Waals surface area contributed by atoms with Gasteiger partial charge in [0.2, 0.25) is 0 Å². The molecule has 21 heavy (non-hydrogen) atoms. The maximum absolute atomic E-state index is 13.6. The number of benzene rings is 2. The number of ketones is 1. The third kappa shape index (κ3) is 3.06. The fourth-order valence-electron chi connectivity index (χ4n) is 1.86. The number of Topliss-reactive ketones (excluding diaryl/α,β-unsaturated/α-hetero) is 1. The predicted octanol–water partition coefficient (Wildman–Crippen LogP) is 4.25. The Bertz CT molecular complexity index is 715. The Labute approximate surface area is 123 Å². The molecule has 2 aromatic carbocycles. The van der Waals surface area contributed by atoms with E-state index in [9.17, 15) is 18.0 Å². The molecule has 0 saturated carbocycles. The van der Waals surface area contributed by atoms with Gasteiger partial charge in [0.05, 0.1) is 11.6 Å². The third-order valence-electron chi connectivity index (χ3n) is 2.85. The zero-order valence-electron chi connectivity index (χ0n) is 10.4. The molecule has 0 aliphatic heterocycles. The summed E-state index contributed by atoms with van der Waals surface area (Å²) in [7, 11) is 0. The Balaban J connectivity index is 2.47. The lowest BCUT2D eigenvalue weighted by molar-refractivity contribution is 0.0970. The fourth-order valence-corrected chi connectivity index (χ4v) is 1.99. The van der Waals surface area contributed by atoms with Gasteiger partial charge in [-0.2, -0.15) is 5.26 Å². The van der Waals surface area contributed by atoms with Crippen molar-refractivity contribution in [2.75, 3.05) is 0 Å². The molecule has 2 rings (SSSR count). The SMILES string of the molecule is N#CC(C(=O)c1c(F)cc(F)cc1F)c1ccc(Cl)cc1. The first-order valence-corrected chi connectivity index (χ1v) is 6.15. The van der Waals surface area contributed by atoms with Gasteiger partial charge in [0.25, 0.3) is 0 Å². The monoisotopic (exact) mass is 309 g/mol. The minimum Gasteiger partial charge on any atom is -0.292 e. The van der Waals surface area contributed by atoms with Gasteiger partial charge in [-0.15, -0.1) is 0 Å². The van der Waals surface area contributed by atoms with Crippen LogP contribution in [0.4, 0.5) is 13.2 Å². The summed E-state index contributed by atoms with van der Waals surface area (Å²) in [6.07, 6.45) is 0. The summed E-state index contributed by atoms with van der Waals surface area (Å²) in [6.45, 7) is 0. The van der Waals surface area contributed by atoms with Crippen molar-refractivity contribution >= 4 is 17.4 Å². The van der Waals surface area contributed by atoms with Gasteiger partial charge in [-0.1, -0.05) is 23.7 Å². The molecule has 106 valence electrons. The summed E-state index contributed by atoms with van der Waals surface area (Å²) in [5.41, 5.74) is -0.687. The lowest BCUT2D eigenvalue weighted by Crippen LogP contribution is -2.15. The van der Waals surface area contributed by atoms with E-state index in [0.717, 1.165) is 0 Å². The number of carbonyl (C=O) groups excluding carboxylic acids is 1. The van der Waals surface area contributed by atoms with Crippen LogP contribution in [0.5, 0.6) is 0 Å². The lowest BCUT2D eigenvalue weighted by atomic mass is 9.91. The van der Waals surface area contributed by atoms with E-state index in [1.165, 1.54) is 24.3 Å². The van der Waals surface area contributed by atoms with Gasteiger partial charge < -0.3 is 0 Å². The van der Waals surface area contributed by atoms with Gasteiger partial charge in [-0.05, 0) is 17.7 Å². The van der Waals surface area contributed by atoms with Gasteiger partial charge in [-0.25, -0.2) is 13.2 Å². The van der Waals surface area contributed by atoms with Crippen LogP contribution in [-0.2, 0) is 0 Å². The van der Waals surface area contributed by atoms with Crippen LogP contribution in [0.3, 0.4) is 0 Å². The molecular weight excluding hydrogens is 303 g/mol. The molecule has 2 nitrogen and oxygen atoms in total. The van der Waals surface area contributed by atoms with E-state index in [1.807, 2.05) is 0 Å². The molecule has 0 saturated heterocycles. The zero-order chi connectivity index (χ0) is 15.6. The van der Waals surface area contributed by atoms with E-state index in [4.69, 9.17) is 16.9 Å². The van der Waals surface area contributed by atoms with Gasteiger partial charge in [0, 0.05) is 17.2 Å². The summed E-state index contributed by atoms with van der Waals surface area (Å²) < 4.78 is 40.1. The van der Waals surface area contributed by atoms with Crippen LogP contribution in [0.2, 0.25) is 5.02 Å². The first-order valence-electron chi connectivity index (χ1n) is 5.78. The molecule has 0 N–H and O–H groups in total. The molecule has 0 aliphatic rings. The topological polar surface area (TPSA) is 40.9 Å². The Morgan fingerprint density at radius 3 is 2.10 bits per heavy atom. The summed E-state index contributed by atoms with van der Waals surface area (Å²) in [6, 6.07) is 8.20. The number of nitriles is 1. The maximum Gasteiger partial charge on any atom is 0.190 e. The second-order valence-electron chi connectivity index (χ2n) is 4.22. The van der Waals surface area contributed by atoms with Crippen molar-refractivity contribution in [3.63, 3.8) is 0 Å². The van der Waals surface area contributed by atoms with Crippen molar-refractivity contribution in [2.24, 2.45) is 0 Å². The Hall–Kier alpha value is -2.32. The zero-order valence-corrected chi connectivity index (χ0v) is 11.2. The Kier molecular flexibility index (Phi) is 4.29. The van der Waals surface area contributed by atoms with E-state index in [0.29, 0.717) is 17.2 Å². The van der Waals surface area contributed by atoms with Crippen LogP contribution in [0.25, 0.3) is 0 Å². The molecule has 0 heterocycles. The van der Waals surface area contributed by atoms with Crippen LogP contribution in [0, 0.1) is 28.8 Å². The van der Waals surface area contributed by atoms with Gasteiger partial charge in [0.1, 0.15) is 23.4 Å². The van der Waals surface area contributed by atoms with Gasteiger partial charge in [0.15, 0.2) is 5.78 Å². The lowest BCUT2D eigenvalue weighted by Gasteiger charge is -2.10. The van der Waals surface area contributed by atoms with E-state index in [-0.39, 0.29) is 5.56 Å². The largest absolute Gasteiger partial charge is 0.292 e. The number of nitrogens with zero attached hydrogens (tertiary/aromatic N) is 1. The number of hydrogen-bond donors (Lipinski definition) is 0.